The lowest BCUT2D eigenvalue weighted by molar-refractivity contribution is 0.175. The maximum atomic E-state index is 9.26. The van der Waals surface area contributed by atoms with Gasteiger partial charge in [0.05, 0.1) is 5.69 Å². The lowest BCUT2D eigenvalue weighted by atomic mass is 10.0. The van der Waals surface area contributed by atoms with Crippen molar-refractivity contribution in [1.29, 1.82) is 5.26 Å². The van der Waals surface area contributed by atoms with E-state index in [1.54, 1.807) is 31.2 Å². The van der Waals surface area contributed by atoms with Crippen molar-refractivity contribution in [3.8, 4) is 11.8 Å². The number of allylic oxidation sites excluding steroid dienone is 1. The Labute approximate surface area is 114 Å². The molecule has 1 spiro atoms. The Bertz CT molecular complexity index is 675. The average Bonchev–Trinajstić information content (AvgIpc) is 2.65. The van der Waals surface area contributed by atoms with Gasteiger partial charge in [-0.25, -0.2) is 0 Å². The summed E-state index contributed by atoms with van der Waals surface area (Å²) < 4.78 is 11.1. The van der Waals surface area contributed by atoms with Gasteiger partial charge >= 0.3 is 0 Å². The van der Waals surface area contributed by atoms with E-state index >= 15 is 0 Å². The zero-order valence-corrected chi connectivity index (χ0v) is 10.8. The van der Waals surface area contributed by atoms with E-state index in [2.05, 4.69) is 5.32 Å². The van der Waals surface area contributed by atoms with Crippen molar-refractivity contribution in [3.05, 3.63) is 46.5 Å². The van der Waals surface area contributed by atoms with E-state index in [4.69, 9.17) is 26.8 Å². The van der Waals surface area contributed by atoms with Gasteiger partial charge in [0.15, 0.2) is 5.57 Å². The van der Waals surface area contributed by atoms with Gasteiger partial charge in [-0.15, -0.1) is 0 Å². The highest BCUT2D eigenvalue weighted by molar-refractivity contribution is 6.31. The number of fused-ring (bicyclic) bond motifs is 1. The lowest BCUT2D eigenvalue weighted by Crippen LogP contribution is -2.44. The van der Waals surface area contributed by atoms with Gasteiger partial charge in [-0.3, -0.25) is 0 Å². The molecule has 1 aromatic rings. The molecular formula is C13H10ClN3O2. The van der Waals surface area contributed by atoms with Crippen molar-refractivity contribution in [2.45, 2.75) is 12.6 Å². The van der Waals surface area contributed by atoms with E-state index < -0.39 is 5.72 Å². The molecule has 0 bridgehead atoms. The van der Waals surface area contributed by atoms with Gasteiger partial charge in [-0.05, 0) is 25.1 Å². The number of ether oxygens (including phenoxy) is 2. The Morgan fingerprint density at radius 2 is 2.26 bits per heavy atom. The summed E-state index contributed by atoms with van der Waals surface area (Å²) in [6.45, 7) is 1.74. The van der Waals surface area contributed by atoms with Crippen molar-refractivity contribution in [1.82, 2.24) is 0 Å². The van der Waals surface area contributed by atoms with Gasteiger partial charge in [-0.1, -0.05) is 11.6 Å². The van der Waals surface area contributed by atoms with Crippen LogP contribution in [-0.2, 0) is 4.74 Å². The molecule has 2 heterocycles. The minimum Gasteiger partial charge on any atom is -0.457 e. The van der Waals surface area contributed by atoms with Crippen molar-refractivity contribution < 1.29 is 9.47 Å². The monoisotopic (exact) mass is 275 g/mol. The average molecular weight is 276 g/mol. The summed E-state index contributed by atoms with van der Waals surface area (Å²) in [7, 11) is 0. The number of nitrogens with two attached hydrogens (primary N) is 1. The van der Waals surface area contributed by atoms with E-state index in [1.807, 2.05) is 6.07 Å². The molecule has 0 aromatic heterocycles. The molecule has 1 atom stereocenters. The second kappa shape index (κ2) is 3.84. The number of hydrogen-bond acceptors (Lipinski definition) is 5. The first kappa shape index (κ1) is 11.8. The third-order valence-electron chi connectivity index (χ3n) is 2.94. The maximum Gasteiger partial charge on any atom is 0.245 e. The molecule has 3 rings (SSSR count). The third-order valence-corrected chi connectivity index (χ3v) is 3.18. The molecule has 0 aliphatic carbocycles. The van der Waals surface area contributed by atoms with E-state index in [0.717, 1.165) is 0 Å². The Balaban J connectivity index is 2.12. The lowest BCUT2D eigenvalue weighted by Gasteiger charge is -2.30. The fourth-order valence-corrected chi connectivity index (χ4v) is 2.37. The second-order valence-electron chi connectivity index (χ2n) is 4.31. The first-order chi connectivity index (χ1) is 9.04. The van der Waals surface area contributed by atoms with Gasteiger partial charge in [0.25, 0.3) is 0 Å². The molecule has 0 saturated heterocycles. The summed E-state index contributed by atoms with van der Waals surface area (Å²) in [5, 5.41) is 13.0. The number of halogens is 1. The minimum atomic E-state index is -1.12. The summed E-state index contributed by atoms with van der Waals surface area (Å²) >= 11 is 5.94. The fraction of sp³-hybridized carbons (Fsp3) is 0.154. The summed E-state index contributed by atoms with van der Waals surface area (Å²) in [4.78, 5) is 0. The number of rotatable bonds is 0. The number of nitrogens with one attached hydrogen (secondary N) is 1. The van der Waals surface area contributed by atoms with Crippen LogP contribution >= 0.6 is 11.6 Å². The van der Waals surface area contributed by atoms with Crippen LogP contribution in [0.15, 0.2) is 41.5 Å². The SMILES string of the molecule is CC1=C[C@]2(Nc3cc(Cl)ccc3O2)C(C#N)=C(N)O1. The number of nitriles is 1. The molecule has 0 amide bonds. The van der Waals surface area contributed by atoms with Gasteiger partial charge in [0.1, 0.15) is 17.6 Å². The first-order valence-corrected chi connectivity index (χ1v) is 5.96. The molecule has 2 aliphatic heterocycles. The smallest absolute Gasteiger partial charge is 0.245 e. The van der Waals surface area contributed by atoms with Gasteiger partial charge in [0, 0.05) is 11.1 Å². The fourth-order valence-electron chi connectivity index (χ4n) is 2.20. The number of nitrogens with zero attached hydrogens (tertiary/aromatic N) is 1. The number of anilines is 1. The van der Waals surface area contributed by atoms with Gasteiger partial charge in [0.2, 0.25) is 11.6 Å². The van der Waals surface area contributed by atoms with Crippen molar-refractivity contribution in [2.75, 3.05) is 5.32 Å². The molecule has 0 unspecified atom stereocenters. The van der Waals surface area contributed by atoms with Gasteiger partial charge in [-0.2, -0.15) is 5.26 Å². The highest BCUT2D eigenvalue weighted by Gasteiger charge is 2.45. The summed E-state index contributed by atoms with van der Waals surface area (Å²) in [5.41, 5.74) is 5.52. The van der Waals surface area contributed by atoms with Crippen LogP contribution in [0.25, 0.3) is 0 Å². The van der Waals surface area contributed by atoms with Crippen LogP contribution < -0.4 is 15.8 Å². The van der Waals surface area contributed by atoms with Crippen LogP contribution in [0.1, 0.15) is 6.92 Å². The third kappa shape index (κ3) is 1.69. The zero-order valence-electron chi connectivity index (χ0n) is 10.0. The summed E-state index contributed by atoms with van der Waals surface area (Å²) in [6, 6.07) is 7.21. The zero-order chi connectivity index (χ0) is 13.6. The van der Waals surface area contributed by atoms with Crippen LogP contribution in [0.2, 0.25) is 5.02 Å². The number of benzene rings is 1. The Kier molecular flexibility index (Phi) is 2.37. The Hall–Kier alpha value is -2.32. The van der Waals surface area contributed by atoms with Crippen LogP contribution in [0, 0.1) is 11.3 Å². The molecule has 3 N–H and O–H groups in total. The van der Waals surface area contributed by atoms with Crippen molar-refractivity contribution >= 4 is 17.3 Å². The van der Waals surface area contributed by atoms with Crippen LogP contribution in [0.3, 0.4) is 0 Å². The Morgan fingerprint density at radius 3 is 3.00 bits per heavy atom. The predicted molar refractivity (Wildman–Crippen MR) is 70.1 cm³/mol. The van der Waals surface area contributed by atoms with Crippen LogP contribution in [0.5, 0.6) is 5.75 Å². The molecular weight excluding hydrogens is 266 g/mol. The van der Waals surface area contributed by atoms with E-state index in [1.165, 1.54) is 0 Å². The molecule has 6 heteroatoms. The molecule has 0 saturated carbocycles. The maximum absolute atomic E-state index is 9.26. The standard InChI is InChI=1S/C13H10ClN3O2/c1-7-5-13(9(6-15)12(16)18-7)17-10-4-8(14)2-3-11(10)19-13/h2-5,17H,16H2,1H3/t13-/m1/s1. The molecule has 96 valence electrons. The van der Waals surface area contributed by atoms with E-state index in [0.29, 0.717) is 22.2 Å². The minimum absolute atomic E-state index is 0.0360. The first-order valence-electron chi connectivity index (χ1n) is 5.58. The second-order valence-corrected chi connectivity index (χ2v) is 4.75. The summed E-state index contributed by atoms with van der Waals surface area (Å²) in [6.07, 6.45) is 1.68. The molecule has 1 aromatic carbocycles. The molecule has 0 radical (unpaired) electrons. The molecule has 19 heavy (non-hydrogen) atoms. The van der Waals surface area contributed by atoms with Crippen molar-refractivity contribution in [3.63, 3.8) is 0 Å². The highest BCUT2D eigenvalue weighted by atomic mass is 35.5. The Morgan fingerprint density at radius 1 is 1.47 bits per heavy atom. The quantitative estimate of drug-likeness (QED) is 0.760. The normalized spacial score (nSPS) is 23.9. The van der Waals surface area contributed by atoms with Crippen LogP contribution in [-0.4, -0.2) is 5.72 Å². The topological polar surface area (TPSA) is 80.3 Å². The number of hydrogen-bond donors (Lipinski definition) is 2. The van der Waals surface area contributed by atoms with Crippen LogP contribution in [0.4, 0.5) is 5.69 Å². The highest BCUT2D eigenvalue weighted by Crippen LogP contribution is 2.44. The largest absolute Gasteiger partial charge is 0.457 e. The van der Waals surface area contributed by atoms with E-state index in [9.17, 15) is 5.26 Å². The van der Waals surface area contributed by atoms with E-state index in [-0.39, 0.29) is 11.5 Å². The molecule has 2 aliphatic rings. The van der Waals surface area contributed by atoms with Crippen molar-refractivity contribution in [2.24, 2.45) is 5.73 Å². The molecule has 0 fully saturated rings. The predicted octanol–water partition coefficient (Wildman–Crippen LogP) is 2.47. The van der Waals surface area contributed by atoms with Gasteiger partial charge < -0.3 is 20.5 Å². The molecule has 5 nitrogen and oxygen atoms in total. The summed E-state index contributed by atoms with van der Waals surface area (Å²) in [5.74, 6) is 1.20.